The maximum Gasteiger partial charge on any atom is 0.219 e. The van der Waals surface area contributed by atoms with Crippen LogP contribution < -0.4 is 4.74 Å². The fraction of sp³-hybridized carbons (Fsp3) is 0.280. The van der Waals surface area contributed by atoms with Crippen LogP contribution in [0.5, 0.6) is 11.5 Å². The second kappa shape index (κ2) is 8.77. The third kappa shape index (κ3) is 4.61. The molecular formula is C25H25N5O4S. The van der Waals surface area contributed by atoms with Gasteiger partial charge in [0.15, 0.2) is 14.9 Å². The number of carbonyl (C=O) groups excluding carboxylic acids is 1. The number of fused-ring (bicyclic) bond motifs is 1. The van der Waals surface area contributed by atoms with E-state index in [9.17, 15) is 13.2 Å². The Morgan fingerprint density at radius 1 is 1.11 bits per heavy atom. The van der Waals surface area contributed by atoms with Crippen LogP contribution in [-0.2, 0) is 14.6 Å². The molecule has 1 aliphatic heterocycles. The van der Waals surface area contributed by atoms with Crippen molar-refractivity contribution in [3.63, 3.8) is 0 Å². The third-order valence-electron chi connectivity index (χ3n) is 6.14. The van der Waals surface area contributed by atoms with Gasteiger partial charge in [0, 0.05) is 42.4 Å². The number of aromatic nitrogens is 4. The largest absolute Gasteiger partial charge is 0.455 e. The summed E-state index contributed by atoms with van der Waals surface area (Å²) in [6, 6.07) is 8.80. The van der Waals surface area contributed by atoms with Crippen molar-refractivity contribution in [2.75, 3.05) is 12.8 Å². The quantitative estimate of drug-likeness (QED) is 0.444. The van der Waals surface area contributed by atoms with Crippen molar-refractivity contribution in [3.05, 3.63) is 60.2 Å². The Morgan fingerprint density at radius 3 is 2.60 bits per heavy atom. The molecule has 35 heavy (non-hydrogen) atoms. The zero-order chi connectivity index (χ0) is 24.7. The first kappa shape index (κ1) is 23.0. The van der Waals surface area contributed by atoms with Crippen LogP contribution in [0.1, 0.15) is 37.1 Å². The summed E-state index contributed by atoms with van der Waals surface area (Å²) < 4.78 is 29.7. The van der Waals surface area contributed by atoms with Crippen LogP contribution in [-0.4, -0.2) is 52.0 Å². The van der Waals surface area contributed by atoms with Crippen molar-refractivity contribution in [3.8, 4) is 22.9 Å². The molecule has 10 heteroatoms. The SMILES string of the molecule is CC(=O)N1CCC[C@@H]1c1cc2[nH]c(-c3cnc(C)cn3)cc2cc1Oc1ccc(S(C)(=O)=O)nc1. The van der Waals surface area contributed by atoms with Crippen molar-refractivity contribution >= 4 is 26.6 Å². The molecule has 9 nitrogen and oxygen atoms in total. The Hall–Kier alpha value is -3.79. The van der Waals surface area contributed by atoms with Crippen LogP contribution in [0, 0.1) is 6.92 Å². The van der Waals surface area contributed by atoms with E-state index in [1.54, 1.807) is 25.4 Å². The van der Waals surface area contributed by atoms with Crippen LogP contribution in [0.2, 0.25) is 0 Å². The van der Waals surface area contributed by atoms with Crippen LogP contribution >= 0.6 is 0 Å². The number of aryl methyl sites for hydroxylation is 1. The number of ether oxygens (including phenoxy) is 1. The Labute approximate surface area is 203 Å². The molecule has 0 radical (unpaired) electrons. The molecule has 0 spiro atoms. The topological polar surface area (TPSA) is 118 Å². The molecule has 0 unspecified atom stereocenters. The lowest BCUT2D eigenvalue weighted by Crippen LogP contribution is -2.28. The lowest BCUT2D eigenvalue weighted by atomic mass is 10.0. The molecular weight excluding hydrogens is 466 g/mol. The molecule has 1 aliphatic rings. The number of sulfone groups is 1. The molecule has 1 atom stereocenters. The average molecular weight is 492 g/mol. The fourth-order valence-electron chi connectivity index (χ4n) is 4.44. The zero-order valence-electron chi connectivity index (χ0n) is 19.6. The van der Waals surface area contributed by atoms with Gasteiger partial charge in [-0.3, -0.25) is 14.8 Å². The van der Waals surface area contributed by atoms with E-state index in [0.717, 1.165) is 52.6 Å². The van der Waals surface area contributed by atoms with Gasteiger partial charge < -0.3 is 14.6 Å². The number of carbonyl (C=O) groups is 1. The molecule has 1 N–H and O–H groups in total. The molecule has 4 heterocycles. The summed E-state index contributed by atoms with van der Waals surface area (Å²) in [4.78, 5) is 30.4. The van der Waals surface area contributed by atoms with Crippen molar-refractivity contribution in [2.45, 2.75) is 37.8 Å². The molecule has 4 aromatic rings. The van der Waals surface area contributed by atoms with E-state index in [1.165, 1.54) is 12.3 Å². The molecule has 1 saturated heterocycles. The van der Waals surface area contributed by atoms with Crippen LogP contribution in [0.4, 0.5) is 0 Å². The Balaban J connectivity index is 1.59. The first-order valence-electron chi connectivity index (χ1n) is 11.3. The number of nitrogens with zero attached hydrogens (tertiary/aromatic N) is 4. The highest BCUT2D eigenvalue weighted by atomic mass is 32.2. The van der Waals surface area contributed by atoms with Gasteiger partial charge in [-0.05, 0) is 50.1 Å². The van der Waals surface area contributed by atoms with Gasteiger partial charge in [-0.1, -0.05) is 0 Å². The fourth-order valence-corrected chi connectivity index (χ4v) is 4.99. The molecule has 1 fully saturated rings. The molecule has 0 saturated carbocycles. The zero-order valence-corrected chi connectivity index (χ0v) is 20.5. The monoisotopic (exact) mass is 491 g/mol. The number of amides is 1. The number of nitrogens with one attached hydrogen (secondary N) is 1. The summed E-state index contributed by atoms with van der Waals surface area (Å²) in [5.41, 5.74) is 4.16. The smallest absolute Gasteiger partial charge is 0.219 e. The average Bonchev–Trinajstić information content (AvgIpc) is 3.46. The summed E-state index contributed by atoms with van der Waals surface area (Å²) >= 11 is 0. The predicted octanol–water partition coefficient (Wildman–Crippen LogP) is 4.21. The summed E-state index contributed by atoms with van der Waals surface area (Å²) in [7, 11) is -3.41. The van der Waals surface area contributed by atoms with E-state index in [4.69, 9.17) is 4.74 Å². The molecule has 5 rings (SSSR count). The molecule has 1 aromatic carbocycles. The molecule has 0 aliphatic carbocycles. The molecule has 180 valence electrons. The van der Waals surface area contributed by atoms with E-state index in [1.807, 2.05) is 30.0 Å². The van der Waals surface area contributed by atoms with Gasteiger partial charge in [-0.25, -0.2) is 13.4 Å². The minimum absolute atomic E-state index is 0.0137. The second-order valence-corrected chi connectivity index (χ2v) is 10.7. The molecule has 1 amide bonds. The number of aromatic amines is 1. The number of hydrogen-bond donors (Lipinski definition) is 1. The summed E-state index contributed by atoms with van der Waals surface area (Å²) in [6.45, 7) is 4.16. The highest BCUT2D eigenvalue weighted by Gasteiger charge is 2.31. The van der Waals surface area contributed by atoms with Gasteiger partial charge in [-0.2, -0.15) is 0 Å². The Bertz CT molecular complexity index is 1510. The maximum absolute atomic E-state index is 12.3. The number of rotatable bonds is 5. The summed E-state index contributed by atoms with van der Waals surface area (Å²) in [5, 5.41) is 0.891. The summed E-state index contributed by atoms with van der Waals surface area (Å²) in [5.74, 6) is 1.01. The van der Waals surface area contributed by atoms with E-state index >= 15 is 0 Å². The number of benzene rings is 1. The standard InChI is InChI=1S/C25H25N5O4S/c1-15-12-27-22(14-26-15)21-9-17-10-24(34-18-6-7-25(28-13-18)35(3,32)33)19(11-20(17)29-21)23-5-4-8-30(23)16(2)31/h6-7,9-14,23,29H,4-5,8H2,1-3H3/t23-/m1/s1. The lowest BCUT2D eigenvalue weighted by molar-refractivity contribution is -0.129. The maximum atomic E-state index is 12.3. The number of pyridine rings is 1. The van der Waals surface area contributed by atoms with E-state index in [2.05, 4.69) is 19.9 Å². The van der Waals surface area contributed by atoms with Crippen molar-refractivity contribution < 1.29 is 17.9 Å². The van der Waals surface area contributed by atoms with Crippen LogP contribution in [0.3, 0.4) is 0 Å². The summed E-state index contributed by atoms with van der Waals surface area (Å²) in [6.07, 6.45) is 7.68. The van der Waals surface area contributed by atoms with Gasteiger partial charge >= 0.3 is 0 Å². The number of hydrogen-bond acceptors (Lipinski definition) is 7. The van der Waals surface area contributed by atoms with Crippen molar-refractivity contribution in [1.82, 2.24) is 24.8 Å². The third-order valence-corrected chi connectivity index (χ3v) is 7.14. The van der Waals surface area contributed by atoms with Gasteiger partial charge in [0.1, 0.15) is 17.2 Å². The van der Waals surface area contributed by atoms with Crippen molar-refractivity contribution in [1.29, 1.82) is 0 Å². The van der Waals surface area contributed by atoms with Crippen LogP contribution in [0.15, 0.2) is 53.9 Å². The molecule has 3 aromatic heterocycles. The predicted molar refractivity (Wildman–Crippen MR) is 131 cm³/mol. The van der Waals surface area contributed by atoms with E-state index < -0.39 is 9.84 Å². The number of likely N-dealkylation sites (tertiary alicyclic amines) is 1. The Morgan fingerprint density at radius 2 is 1.94 bits per heavy atom. The Kier molecular flexibility index (Phi) is 5.76. The van der Waals surface area contributed by atoms with Crippen LogP contribution in [0.25, 0.3) is 22.3 Å². The van der Waals surface area contributed by atoms with Gasteiger partial charge in [0.2, 0.25) is 5.91 Å². The van der Waals surface area contributed by atoms with Gasteiger partial charge in [0.25, 0.3) is 0 Å². The highest BCUT2D eigenvalue weighted by molar-refractivity contribution is 7.90. The molecule has 0 bridgehead atoms. The van der Waals surface area contributed by atoms with E-state index in [-0.39, 0.29) is 17.0 Å². The lowest BCUT2D eigenvalue weighted by Gasteiger charge is -2.25. The normalized spacial score (nSPS) is 16.1. The minimum Gasteiger partial charge on any atom is -0.455 e. The highest BCUT2D eigenvalue weighted by Crippen LogP contribution is 2.41. The van der Waals surface area contributed by atoms with Gasteiger partial charge in [-0.15, -0.1) is 0 Å². The van der Waals surface area contributed by atoms with Gasteiger partial charge in [0.05, 0.1) is 29.8 Å². The first-order valence-corrected chi connectivity index (χ1v) is 13.1. The van der Waals surface area contributed by atoms with Crippen molar-refractivity contribution in [2.24, 2.45) is 0 Å². The first-order chi connectivity index (χ1) is 16.7. The van der Waals surface area contributed by atoms with E-state index in [0.29, 0.717) is 18.0 Å². The second-order valence-electron chi connectivity index (χ2n) is 8.78. The number of H-pyrrole nitrogens is 1. The minimum atomic E-state index is -3.41.